The number of aliphatic carboxylic acids is 1. The fourth-order valence-corrected chi connectivity index (χ4v) is 5.96. The molecule has 0 aliphatic carbocycles. The van der Waals surface area contributed by atoms with Gasteiger partial charge in [0.05, 0.1) is 12.5 Å². The van der Waals surface area contributed by atoms with Crippen molar-refractivity contribution in [2.24, 2.45) is 5.92 Å². The van der Waals surface area contributed by atoms with E-state index in [1.54, 1.807) is 18.0 Å². The van der Waals surface area contributed by atoms with Crippen LogP contribution in [0.3, 0.4) is 0 Å². The molecule has 7 heteroatoms. The third-order valence-electron chi connectivity index (χ3n) is 6.25. The summed E-state index contributed by atoms with van der Waals surface area (Å²) in [6, 6.07) is 8.22. The Hall–Kier alpha value is -2.80. The van der Waals surface area contributed by atoms with Gasteiger partial charge in [0, 0.05) is 17.5 Å². The van der Waals surface area contributed by atoms with E-state index in [1.165, 1.54) is 27.3 Å². The van der Waals surface area contributed by atoms with Gasteiger partial charge in [-0.1, -0.05) is 32.0 Å². The van der Waals surface area contributed by atoms with Crippen LogP contribution in [0.4, 0.5) is 0 Å². The van der Waals surface area contributed by atoms with Crippen LogP contribution in [0.5, 0.6) is 0 Å². The Balaban J connectivity index is 1.84. The molecule has 1 amide bonds. The summed E-state index contributed by atoms with van der Waals surface area (Å²) >= 11 is 1.67. The van der Waals surface area contributed by atoms with Crippen LogP contribution in [-0.4, -0.2) is 27.6 Å². The number of carboxylic acid groups (broad SMARTS) is 1. The first kappa shape index (κ1) is 25.8. The number of pyridine rings is 1. The summed E-state index contributed by atoms with van der Waals surface area (Å²) in [5.41, 5.74) is 5.19. The molecule has 1 aliphatic rings. The standard InChI is InChI=1S/C27H34N2O4S/c1-16(2)11-22(29-10-9-17(3)12-24(29)30)27(33)28-21(14-25(31)32)20-13-23(34-15-20)26-18(4)7-6-8-19(26)5/h6-10,12,15-16,21-23H,11,13-14H2,1-5H3,(H,28,33)(H,31,32). The van der Waals surface area contributed by atoms with Gasteiger partial charge in [-0.25, -0.2) is 0 Å². The average Bonchev–Trinajstić information content (AvgIpc) is 3.21. The van der Waals surface area contributed by atoms with E-state index in [1.807, 2.05) is 38.3 Å². The van der Waals surface area contributed by atoms with Gasteiger partial charge in [0.2, 0.25) is 5.91 Å². The van der Waals surface area contributed by atoms with Crippen LogP contribution >= 0.6 is 11.8 Å². The Bertz CT molecular complexity index is 1130. The highest BCUT2D eigenvalue weighted by Crippen LogP contribution is 2.45. The predicted octanol–water partition coefficient (Wildman–Crippen LogP) is 5.08. The molecule has 3 unspecified atom stereocenters. The predicted molar refractivity (Wildman–Crippen MR) is 137 cm³/mol. The van der Waals surface area contributed by atoms with Crippen LogP contribution in [-0.2, 0) is 9.59 Å². The number of aromatic nitrogens is 1. The molecule has 2 aromatic rings. The van der Waals surface area contributed by atoms with Crippen molar-refractivity contribution >= 4 is 23.6 Å². The van der Waals surface area contributed by atoms with Crippen molar-refractivity contribution in [2.75, 3.05) is 0 Å². The summed E-state index contributed by atoms with van der Waals surface area (Å²) in [5, 5.41) is 14.7. The van der Waals surface area contributed by atoms with E-state index in [0.717, 1.165) is 11.1 Å². The molecule has 2 heterocycles. The number of rotatable bonds is 9. The van der Waals surface area contributed by atoms with Crippen LogP contribution < -0.4 is 10.9 Å². The lowest BCUT2D eigenvalue weighted by atomic mass is 9.93. The maximum absolute atomic E-state index is 13.4. The Morgan fingerprint density at radius 2 is 1.85 bits per heavy atom. The zero-order valence-corrected chi connectivity index (χ0v) is 21.3. The van der Waals surface area contributed by atoms with Crippen molar-refractivity contribution in [1.82, 2.24) is 9.88 Å². The molecule has 182 valence electrons. The summed E-state index contributed by atoms with van der Waals surface area (Å²) in [5.74, 6) is -1.12. The molecule has 0 saturated heterocycles. The minimum atomic E-state index is -0.973. The lowest BCUT2D eigenvalue weighted by Crippen LogP contribution is -2.44. The van der Waals surface area contributed by atoms with Gasteiger partial charge in [-0.3, -0.25) is 14.4 Å². The molecule has 34 heavy (non-hydrogen) atoms. The van der Waals surface area contributed by atoms with Crippen molar-refractivity contribution < 1.29 is 14.7 Å². The van der Waals surface area contributed by atoms with Gasteiger partial charge >= 0.3 is 5.97 Å². The number of hydrogen-bond acceptors (Lipinski definition) is 4. The minimum Gasteiger partial charge on any atom is -0.481 e. The van der Waals surface area contributed by atoms with Crippen LogP contribution in [0.15, 0.2) is 52.3 Å². The summed E-state index contributed by atoms with van der Waals surface area (Å²) in [7, 11) is 0. The van der Waals surface area contributed by atoms with Gasteiger partial charge in [0.1, 0.15) is 6.04 Å². The van der Waals surface area contributed by atoms with E-state index >= 15 is 0 Å². The van der Waals surface area contributed by atoms with Crippen LogP contribution in [0.1, 0.15) is 66.7 Å². The third-order valence-corrected chi connectivity index (χ3v) is 7.42. The highest BCUT2D eigenvalue weighted by molar-refractivity contribution is 8.02. The summed E-state index contributed by atoms with van der Waals surface area (Å²) in [4.78, 5) is 37.7. The average molecular weight is 483 g/mol. The van der Waals surface area contributed by atoms with Crippen molar-refractivity contribution in [1.29, 1.82) is 0 Å². The second kappa shape index (κ2) is 11.1. The Labute approximate surface area is 205 Å². The highest BCUT2D eigenvalue weighted by Gasteiger charge is 2.31. The Morgan fingerprint density at radius 1 is 1.18 bits per heavy atom. The highest BCUT2D eigenvalue weighted by atomic mass is 32.2. The lowest BCUT2D eigenvalue weighted by Gasteiger charge is -2.26. The van der Waals surface area contributed by atoms with E-state index in [9.17, 15) is 19.5 Å². The molecule has 0 fully saturated rings. The SMILES string of the molecule is Cc1ccn(C(CC(C)C)C(=O)NC(CC(=O)O)C2=CSC(c3c(C)cccc3C)C2)c(=O)c1. The number of amides is 1. The molecule has 3 rings (SSSR count). The van der Waals surface area contributed by atoms with Crippen molar-refractivity contribution in [2.45, 2.75) is 71.2 Å². The maximum atomic E-state index is 13.4. The first-order chi connectivity index (χ1) is 16.1. The maximum Gasteiger partial charge on any atom is 0.305 e. The molecular weight excluding hydrogens is 448 g/mol. The van der Waals surface area contributed by atoms with Gasteiger partial charge in [-0.2, -0.15) is 0 Å². The second-order valence-electron chi connectivity index (χ2n) is 9.58. The third kappa shape index (κ3) is 6.20. The second-order valence-corrected chi connectivity index (χ2v) is 10.7. The monoisotopic (exact) mass is 482 g/mol. The molecule has 0 saturated carbocycles. The number of hydrogen-bond donors (Lipinski definition) is 2. The first-order valence-electron chi connectivity index (χ1n) is 11.7. The minimum absolute atomic E-state index is 0.177. The number of carbonyl (C=O) groups excluding carboxylic acids is 1. The summed E-state index contributed by atoms with van der Waals surface area (Å²) in [6.07, 6.45) is 2.61. The van der Waals surface area contributed by atoms with Crippen LogP contribution in [0.2, 0.25) is 0 Å². The van der Waals surface area contributed by atoms with Gasteiger partial charge < -0.3 is 15.0 Å². The number of thioether (sulfide) groups is 1. The van der Waals surface area contributed by atoms with Crippen molar-refractivity contribution in [3.63, 3.8) is 0 Å². The van der Waals surface area contributed by atoms with E-state index in [0.29, 0.717) is 12.8 Å². The van der Waals surface area contributed by atoms with Crippen molar-refractivity contribution in [3.05, 3.63) is 80.1 Å². The molecule has 3 atom stereocenters. The fraction of sp³-hybridized carbons (Fsp3) is 0.444. The van der Waals surface area contributed by atoms with Crippen molar-refractivity contribution in [3.8, 4) is 0 Å². The van der Waals surface area contributed by atoms with E-state index in [4.69, 9.17) is 0 Å². The molecule has 2 N–H and O–H groups in total. The topological polar surface area (TPSA) is 88.4 Å². The number of aryl methyl sites for hydroxylation is 3. The molecule has 1 aromatic carbocycles. The molecular formula is C27H34N2O4S. The smallest absolute Gasteiger partial charge is 0.305 e. The van der Waals surface area contributed by atoms with Gasteiger partial charge in [0.15, 0.2) is 0 Å². The molecule has 1 aromatic heterocycles. The number of nitrogens with one attached hydrogen (secondary N) is 1. The molecule has 0 radical (unpaired) electrons. The summed E-state index contributed by atoms with van der Waals surface area (Å²) < 4.78 is 1.46. The lowest BCUT2D eigenvalue weighted by molar-refractivity contribution is -0.137. The fourth-order valence-electron chi connectivity index (χ4n) is 4.57. The quantitative estimate of drug-likeness (QED) is 0.520. The molecule has 0 spiro atoms. The number of benzene rings is 1. The Morgan fingerprint density at radius 3 is 2.44 bits per heavy atom. The first-order valence-corrected chi connectivity index (χ1v) is 12.6. The molecule has 0 bridgehead atoms. The molecule has 1 aliphatic heterocycles. The van der Waals surface area contributed by atoms with E-state index in [2.05, 4.69) is 31.3 Å². The largest absolute Gasteiger partial charge is 0.481 e. The molecule has 6 nitrogen and oxygen atoms in total. The van der Waals surface area contributed by atoms with E-state index in [-0.39, 0.29) is 29.1 Å². The van der Waals surface area contributed by atoms with Gasteiger partial charge in [-0.05, 0) is 78.8 Å². The van der Waals surface area contributed by atoms with E-state index < -0.39 is 18.1 Å². The summed E-state index contributed by atoms with van der Waals surface area (Å²) in [6.45, 7) is 10.0. The van der Waals surface area contributed by atoms with Gasteiger partial charge in [0.25, 0.3) is 5.56 Å². The van der Waals surface area contributed by atoms with Crippen LogP contribution in [0, 0.1) is 26.7 Å². The van der Waals surface area contributed by atoms with Gasteiger partial charge in [-0.15, -0.1) is 11.8 Å². The normalized spacial score (nSPS) is 17.4. The zero-order chi connectivity index (χ0) is 25.0. The Kier molecular flexibility index (Phi) is 8.42. The van der Waals surface area contributed by atoms with Crippen LogP contribution in [0.25, 0.3) is 0 Å². The number of carboxylic acids is 1. The number of carbonyl (C=O) groups is 2. The number of nitrogens with zero attached hydrogens (tertiary/aromatic N) is 1. The zero-order valence-electron chi connectivity index (χ0n) is 20.5.